The van der Waals surface area contributed by atoms with Crippen LogP contribution < -0.4 is 10.1 Å². The Balaban J connectivity index is 1.17. The lowest BCUT2D eigenvalue weighted by molar-refractivity contribution is -0.127. The molecule has 2 aromatic carbocycles. The van der Waals surface area contributed by atoms with Gasteiger partial charge in [-0.05, 0) is 106 Å². The van der Waals surface area contributed by atoms with Crippen molar-refractivity contribution in [2.24, 2.45) is 11.8 Å². The first-order chi connectivity index (χ1) is 20.0. The van der Waals surface area contributed by atoms with Gasteiger partial charge in [0.05, 0.1) is 18.1 Å². The highest BCUT2D eigenvalue weighted by Gasteiger charge is 2.35. The summed E-state index contributed by atoms with van der Waals surface area (Å²) in [7, 11) is 2.19. The van der Waals surface area contributed by atoms with Crippen molar-refractivity contribution in [3.63, 3.8) is 0 Å². The van der Waals surface area contributed by atoms with E-state index < -0.39 is 10.0 Å². The van der Waals surface area contributed by atoms with E-state index in [4.69, 9.17) is 21.1 Å². The molecule has 1 amide bonds. The van der Waals surface area contributed by atoms with Gasteiger partial charge in [0.2, 0.25) is 15.9 Å². The van der Waals surface area contributed by atoms with Gasteiger partial charge in [-0.3, -0.25) is 4.79 Å². The predicted molar refractivity (Wildman–Crippen MR) is 167 cm³/mol. The molecule has 1 aliphatic heterocycles. The Kier molecular flexibility index (Phi) is 11.3. The first-order valence-electron chi connectivity index (χ1n) is 14.9. The van der Waals surface area contributed by atoms with Crippen LogP contribution in [0.15, 0.2) is 41.3 Å². The highest BCUT2D eigenvalue weighted by Crippen LogP contribution is 2.40. The minimum absolute atomic E-state index is 0.0580. The minimum Gasteiger partial charge on any atom is -0.497 e. The molecule has 1 N–H and O–H groups in total. The van der Waals surface area contributed by atoms with E-state index in [0.717, 1.165) is 24.3 Å². The van der Waals surface area contributed by atoms with Crippen molar-refractivity contribution < 1.29 is 22.7 Å². The topological polar surface area (TPSA) is 88.2 Å². The first kappa shape index (κ1) is 32.7. The molecule has 232 valence electrons. The quantitative estimate of drug-likeness (QED) is 0.344. The van der Waals surface area contributed by atoms with Gasteiger partial charge in [-0.25, -0.2) is 8.42 Å². The molecule has 0 radical (unpaired) electrons. The third kappa shape index (κ3) is 8.05. The number of ether oxygens (including phenoxy) is 2. The van der Waals surface area contributed by atoms with Gasteiger partial charge in [0.1, 0.15) is 12.4 Å². The summed E-state index contributed by atoms with van der Waals surface area (Å²) >= 11 is 6.11. The Hall–Kier alpha value is -2.17. The van der Waals surface area contributed by atoms with E-state index in [0.29, 0.717) is 59.2 Å². The fourth-order valence-electron chi connectivity index (χ4n) is 6.72. The summed E-state index contributed by atoms with van der Waals surface area (Å²) < 4.78 is 39.3. The molecular weight excluding hydrogens is 574 g/mol. The van der Waals surface area contributed by atoms with Crippen molar-refractivity contribution in [1.82, 2.24) is 14.5 Å². The van der Waals surface area contributed by atoms with Gasteiger partial charge >= 0.3 is 0 Å². The number of halogens is 1. The second-order valence-electron chi connectivity index (χ2n) is 12.1. The molecule has 8 nitrogen and oxygen atoms in total. The molecule has 0 aromatic heterocycles. The van der Waals surface area contributed by atoms with Crippen LogP contribution in [-0.2, 0) is 19.6 Å². The number of aryl methyl sites for hydroxylation is 2. The Morgan fingerprint density at radius 3 is 2.31 bits per heavy atom. The summed E-state index contributed by atoms with van der Waals surface area (Å²) in [5, 5.41) is 3.77. The van der Waals surface area contributed by atoms with E-state index in [-0.39, 0.29) is 25.2 Å². The number of nitrogens with zero attached hydrogens (tertiary/aromatic N) is 2. The maximum Gasteiger partial charge on any atom is 0.246 e. The van der Waals surface area contributed by atoms with Crippen molar-refractivity contribution in [3.05, 3.63) is 58.1 Å². The van der Waals surface area contributed by atoms with Crippen molar-refractivity contribution in [2.45, 2.75) is 69.4 Å². The van der Waals surface area contributed by atoms with Gasteiger partial charge < -0.3 is 19.7 Å². The van der Waals surface area contributed by atoms with Crippen LogP contribution in [-0.4, -0.2) is 77.1 Å². The van der Waals surface area contributed by atoms with Gasteiger partial charge in [-0.15, -0.1) is 0 Å². The molecule has 1 heterocycles. The highest BCUT2D eigenvalue weighted by atomic mass is 35.5. The van der Waals surface area contributed by atoms with Crippen LogP contribution in [0, 0.1) is 25.7 Å². The van der Waals surface area contributed by atoms with E-state index in [1.54, 1.807) is 33.1 Å². The normalized spacial score (nSPS) is 22.3. The lowest BCUT2D eigenvalue weighted by Crippen LogP contribution is -2.34. The number of sulfonamides is 1. The molecule has 2 aromatic rings. The number of carbonyl (C=O) groups is 1. The van der Waals surface area contributed by atoms with Crippen LogP contribution in [0.4, 0.5) is 0 Å². The number of amides is 1. The van der Waals surface area contributed by atoms with Gasteiger partial charge in [0.15, 0.2) is 0 Å². The van der Waals surface area contributed by atoms with E-state index in [1.807, 2.05) is 12.1 Å². The molecule has 1 aliphatic carbocycles. The summed E-state index contributed by atoms with van der Waals surface area (Å²) in [5.41, 5.74) is 2.63. The maximum absolute atomic E-state index is 13.4. The monoisotopic (exact) mass is 619 g/mol. The minimum atomic E-state index is -3.67. The van der Waals surface area contributed by atoms with Gasteiger partial charge in [-0.1, -0.05) is 36.6 Å². The first-order valence-corrected chi connectivity index (χ1v) is 16.8. The molecule has 4 rings (SSSR count). The number of benzene rings is 2. The van der Waals surface area contributed by atoms with E-state index in [2.05, 4.69) is 36.4 Å². The molecule has 1 saturated carbocycles. The zero-order chi connectivity index (χ0) is 30.4. The van der Waals surface area contributed by atoms with E-state index in [9.17, 15) is 13.2 Å². The smallest absolute Gasteiger partial charge is 0.246 e. The fourth-order valence-corrected chi connectivity index (χ4v) is 8.75. The lowest BCUT2D eigenvalue weighted by Gasteiger charge is -2.37. The number of nitrogens with one attached hydrogen (secondary N) is 1. The second kappa shape index (κ2) is 14.5. The SMILES string of the molecule is COc1cc(C)c(S(=O)(=O)N2CCC(OCC(=O)NCCC3CCC(C(c4ccc(Cl)cc4)N(C)C)CC3)C2)c(C)c1. The van der Waals surface area contributed by atoms with Crippen LogP contribution >= 0.6 is 11.6 Å². The standard InChI is InChI=1S/C32H46ClN3O5S/c1-22-18-29(40-5)19-23(2)32(22)42(38,39)36-17-15-28(20-36)41-21-30(37)34-16-14-24-6-8-25(9-7-24)31(35(3)4)26-10-12-27(33)13-11-26/h10-13,18-19,24-25,28,31H,6-9,14-17,20-21H2,1-5H3,(H,34,37). The molecule has 0 spiro atoms. The van der Waals surface area contributed by atoms with Crippen molar-refractivity contribution in [3.8, 4) is 5.75 Å². The third-order valence-electron chi connectivity index (χ3n) is 8.81. The zero-order valence-electron chi connectivity index (χ0n) is 25.6. The number of hydrogen-bond donors (Lipinski definition) is 1. The predicted octanol–water partition coefficient (Wildman–Crippen LogP) is 5.36. The van der Waals surface area contributed by atoms with Gasteiger partial charge in [0, 0.05) is 30.7 Å². The Labute approximate surface area is 256 Å². The zero-order valence-corrected chi connectivity index (χ0v) is 27.1. The van der Waals surface area contributed by atoms with Gasteiger partial charge in [-0.2, -0.15) is 4.31 Å². The van der Waals surface area contributed by atoms with E-state index >= 15 is 0 Å². The summed E-state index contributed by atoms with van der Waals surface area (Å²) in [6.45, 7) is 4.75. The molecule has 42 heavy (non-hydrogen) atoms. The Morgan fingerprint density at radius 1 is 1.07 bits per heavy atom. The molecule has 2 atom stereocenters. The Bertz CT molecular complexity index is 1290. The summed E-state index contributed by atoms with van der Waals surface area (Å²) in [5.74, 6) is 1.70. The molecule has 0 bridgehead atoms. The number of carbonyl (C=O) groups excluding carboxylic acids is 1. The van der Waals surface area contributed by atoms with Crippen LogP contribution in [0.1, 0.15) is 61.3 Å². The van der Waals surface area contributed by atoms with Crippen LogP contribution in [0.5, 0.6) is 5.75 Å². The molecule has 10 heteroatoms. The third-order valence-corrected chi connectivity index (χ3v) is 11.2. The van der Waals surface area contributed by atoms with Crippen molar-refractivity contribution in [1.29, 1.82) is 0 Å². The highest BCUT2D eigenvalue weighted by molar-refractivity contribution is 7.89. The summed E-state index contributed by atoms with van der Waals surface area (Å²) in [6, 6.07) is 12.1. The molecular formula is C32H46ClN3O5S. The molecule has 2 unspecified atom stereocenters. The second-order valence-corrected chi connectivity index (χ2v) is 14.4. The largest absolute Gasteiger partial charge is 0.497 e. The van der Waals surface area contributed by atoms with Crippen molar-refractivity contribution in [2.75, 3.05) is 47.4 Å². The van der Waals surface area contributed by atoms with Crippen LogP contribution in [0.25, 0.3) is 0 Å². The summed E-state index contributed by atoms with van der Waals surface area (Å²) in [4.78, 5) is 15.1. The number of rotatable bonds is 12. The van der Waals surface area contributed by atoms with Crippen LogP contribution in [0.3, 0.4) is 0 Å². The lowest BCUT2D eigenvalue weighted by atomic mass is 9.75. The average Bonchev–Trinajstić information content (AvgIpc) is 3.43. The van der Waals surface area contributed by atoms with Crippen molar-refractivity contribution >= 4 is 27.5 Å². The average molecular weight is 620 g/mol. The van der Waals surface area contributed by atoms with E-state index in [1.165, 1.54) is 22.7 Å². The molecule has 1 saturated heterocycles. The molecule has 2 fully saturated rings. The number of methoxy groups -OCH3 is 1. The molecule has 2 aliphatic rings. The Morgan fingerprint density at radius 2 is 1.71 bits per heavy atom. The fraction of sp³-hybridized carbons (Fsp3) is 0.594. The van der Waals surface area contributed by atoms with Gasteiger partial charge in [0.25, 0.3) is 0 Å². The van der Waals surface area contributed by atoms with Crippen LogP contribution in [0.2, 0.25) is 5.02 Å². The maximum atomic E-state index is 13.4. The summed E-state index contributed by atoms with van der Waals surface area (Å²) in [6.07, 6.45) is 5.89. The number of hydrogen-bond acceptors (Lipinski definition) is 6.